The first-order valence-corrected chi connectivity index (χ1v) is 6.79. The highest BCUT2D eigenvalue weighted by molar-refractivity contribution is 7.09. The van der Waals surface area contributed by atoms with E-state index in [2.05, 4.69) is 15.1 Å². The van der Waals surface area contributed by atoms with E-state index in [1.807, 2.05) is 6.92 Å². The molecule has 0 spiro atoms. The minimum Gasteiger partial charge on any atom is -0.294 e. The van der Waals surface area contributed by atoms with Crippen molar-refractivity contribution < 1.29 is 9.59 Å². The molecule has 3 heterocycles. The number of hydrogen-bond donors (Lipinski definition) is 0. The van der Waals surface area contributed by atoms with Crippen molar-refractivity contribution in [1.29, 1.82) is 0 Å². The Balaban J connectivity index is 1.84. The van der Waals surface area contributed by atoms with Gasteiger partial charge in [-0.1, -0.05) is 0 Å². The highest BCUT2D eigenvalue weighted by atomic mass is 32.1. The van der Waals surface area contributed by atoms with Crippen LogP contribution >= 0.6 is 11.3 Å². The number of rotatable bonds is 4. The van der Waals surface area contributed by atoms with E-state index in [1.54, 1.807) is 28.5 Å². The quantitative estimate of drug-likeness (QED) is 0.541. The van der Waals surface area contributed by atoms with Gasteiger partial charge in [0, 0.05) is 17.8 Å². The van der Waals surface area contributed by atoms with Crippen LogP contribution in [0.4, 0.5) is 0 Å². The maximum absolute atomic E-state index is 12.2. The summed E-state index contributed by atoms with van der Waals surface area (Å²) >= 11 is 1.39. The summed E-state index contributed by atoms with van der Waals surface area (Å²) in [7, 11) is 0. The van der Waals surface area contributed by atoms with Crippen molar-refractivity contribution in [2.24, 2.45) is 0 Å². The molecule has 3 aromatic heterocycles. The third kappa shape index (κ3) is 2.23. The fraction of sp³-hybridized carbons (Fsp3) is 0.154. The van der Waals surface area contributed by atoms with Gasteiger partial charge in [0.15, 0.2) is 11.6 Å². The van der Waals surface area contributed by atoms with E-state index in [0.717, 1.165) is 5.01 Å². The predicted molar refractivity (Wildman–Crippen MR) is 73.1 cm³/mol. The first-order chi connectivity index (χ1) is 9.65. The summed E-state index contributed by atoms with van der Waals surface area (Å²) in [6.07, 6.45) is 6.03. The molecule has 0 radical (unpaired) electrons. The second-order valence-corrected chi connectivity index (χ2v) is 5.30. The monoisotopic (exact) mass is 286 g/mol. The van der Waals surface area contributed by atoms with Crippen molar-refractivity contribution in [3.05, 3.63) is 46.4 Å². The smallest absolute Gasteiger partial charge is 0.189 e. The van der Waals surface area contributed by atoms with Crippen molar-refractivity contribution in [1.82, 2.24) is 19.6 Å². The number of fused-ring (bicyclic) bond motifs is 1. The Labute approximate surface area is 118 Å². The highest BCUT2D eigenvalue weighted by Gasteiger charge is 2.19. The summed E-state index contributed by atoms with van der Waals surface area (Å²) in [5.41, 5.74) is 1.34. The summed E-state index contributed by atoms with van der Waals surface area (Å²) in [5.74, 6) is -0.550. The molecule has 7 heteroatoms. The second kappa shape index (κ2) is 4.93. The van der Waals surface area contributed by atoms with Crippen molar-refractivity contribution in [2.45, 2.75) is 13.3 Å². The molecule has 0 saturated heterocycles. The summed E-state index contributed by atoms with van der Waals surface area (Å²) in [6, 6.07) is 0. The highest BCUT2D eigenvalue weighted by Crippen LogP contribution is 2.15. The van der Waals surface area contributed by atoms with E-state index >= 15 is 0 Å². The molecule has 0 unspecified atom stereocenters. The lowest BCUT2D eigenvalue weighted by atomic mass is 10.1. The van der Waals surface area contributed by atoms with Crippen LogP contribution in [0.3, 0.4) is 0 Å². The molecule has 0 aromatic carbocycles. The van der Waals surface area contributed by atoms with Crippen LogP contribution in [0.2, 0.25) is 0 Å². The standard InChI is InChI=1S/C13H10N4O2S/c1-8-16-10(7-20-8)13(19)4-12(18)9-5-15-17-3-2-14-6-11(9)17/h2-3,5-7H,4H2,1H3. The van der Waals surface area contributed by atoms with Gasteiger partial charge in [-0.05, 0) is 6.92 Å². The third-order valence-electron chi connectivity index (χ3n) is 2.85. The number of aromatic nitrogens is 4. The van der Waals surface area contributed by atoms with Crippen LogP contribution in [-0.2, 0) is 0 Å². The van der Waals surface area contributed by atoms with E-state index in [4.69, 9.17) is 0 Å². The summed E-state index contributed by atoms with van der Waals surface area (Å²) < 4.78 is 1.55. The molecular weight excluding hydrogens is 276 g/mol. The van der Waals surface area contributed by atoms with Crippen LogP contribution < -0.4 is 0 Å². The van der Waals surface area contributed by atoms with Gasteiger partial charge in [-0.15, -0.1) is 11.3 Å². The SMILES string of the molecule is Cc1nc(C(=O)CC(=O)c2cnn3ccncc23)cs1. The lowest BCUT2D eigenvalue weighted by Crippen LogP contribution is -2.09. The van der Waals surface area contributed by atoms with Gasteiger partial charge < -0.3 is 0 Å². The van der Waals surface area contributed by atoms with Gasteiger partial charge in [0.25, 0.3) is 0 Å². The van der Waals surface area contributed by atoms with Crippen molar-refractivity contribution >= 4 is 28.4 Å². The maximum atomic E-state index is 12.2. The Morgan fingerprint density at radius 1 is 1.30 bits per heavy atom. The van der Waals surface area contributed by atoms with Crippen LogP contribution in [0.25, 0.3) is 5.52 Å². The Morgan fingerprint density at radius 3 is 2.90 bits per heavy atom. The molecule has 0 atom stereocenters. The number of Topliss-reactive ketones (excluding diaryl/α,β-unsaturated/α-hetero) is 2. The number of nitrogens with zero attached hydrogens (tertiary/aromatic N) is 4. The second-order valence-electron chi connectivity index (χ2n) is 4.24. The zero-order valence-electron chi connectivity index (χ0n) is 10.6. The van der Waals surface area contributed by atoms with Gasteiger partial charge in [0.2, 0.25) is 0 Å². The molecule has 0 aliphatic carbocycles. The van der Waals surface area contributed by atoms with E-state index in [0.29, 0.717) is 16.8 Å². The summed E-state index contributed by atoms with van der Waals surface area (Å²) in [6.45, 7) is 1.82. The number of hydrogen-bond acceptors (Lipinski definition) is 6. The summed E-state index contributed by atoms with van der Waals surface area (Å²) in [5, 5.41) is 6.53. The Bertz CT molecular complexity index is 805. The van der Waals surface area contributed by atoms with Crippen LogP contribution in [0.1, 0.15) is 32.3 Å². The third-order valence-corrected chi connectivity index (χ3v) is 3.62. The number of thiazole rings is 1. The number of carbonyl (C=O) groups excluding carboxylic acids is 2. The Kier molecular flexibility index (Phi) is 3.11. The molecular formula is C13H10N4O2S. The van der Waals surface area contributed by atoms with Gasteiger partial charge >= 0.3 is 0 Å². The van der Waals surface area contributed by atoms with E-state index in [9.17, 15) is 9.59 Å². The minimum atomic E-state index is -0.275. The summed E-state index contributed by atoms with van der Waals surface area (Å²) in [4.78, 5) is 32.2. The van der Waals surface area contributed by atoms with Gasteiger partial charge in [-0.3, -0.25) is 14.6 Å². The van der Waals surface area contributed by atoms with Crippen molar-refractivity contribution in [3.63, 3.8) is 0 Å². The Morgan fingerprint density at radius 2 is 2.15 bits per heavy atom. The van der Waals surface area contributed by atoms with Crippen LogP contribution in [0, 0.1) is 6.92 Å². The molecule has 0 aliphatic rings. The lowest BCUT2D eigenvalue weighted by molar-refractivity contribution is 0.0892. The van der Waals surface area contributed by atoms with Crippen LogP contribution in [0.5, 0.6) is 0 Å². The van der Waals surface area contributed by atoms with E-state index < -0.39 is 0 Å². The largest absolute Gasteiger partial charge is 0.294 e. The van der Waals surface area contributed by atoms with E-state index in [1.165, 1.54) is 17.5 Å². The van der Waals surface area contributed by atoms with Crippen molar-refractivity contribution in [2.75, 3.05) is 0 Å². The number of ketones is 2. The molecule has 0 bridgehead atoms. The normalized spacial score (nSPS) is 10.8. The van der Waals surface area contributed by atoms with Crippen molar-refractivity contribution in [3.8, 4) is 0 Å². The van der Waals surface area contributed by atoms with Gasteiger partial charge in [-0.25, -0.2) is 9.50 Å². The maximum Gasteiger partial charge on any atom is 0.189 e. The molecule has 0 saturated carbocycles. The average molecular weight is 286 g/mol. The van der Waals surface area contributed by atoms with Gasteiger partial charge in [0.05, 0.1) is 34.9 Å². The molecule has 0 fully saturated rings. The lowest BCUT2D eigenvalue weighted by Gasteiger charge is -1.97. The molecule has 20 heavy (non-hydrogen) atoms. The molecule has 0 amide bonds. The zero-order chi connectivity index (χ0) is 14.1. The van der Waals surface area contributed by atoms with Crippen LogP contribution in [-0.4, -0.2) is 31.1 Å². The van der Waals surface area contributed by atoms with E-state index in [-0.39, 0.29) is 18.0 Å². The fourth-order valence-corrected chi connectivity index (χ4v) is 2.49. The first-order valence-electron chi connectivity index (χ1n) is 5.91. The molecule has 0 aliphatic heterocycles. The Hall–Kier alpha value is -2.41. The zero-order valence-corrected chi connectivity index (χ0v) is 11.4. The van der Waals surface area contributed by atoms with Gasteiger partial charge in [0.1, 0.15) is 5.69 Å². The number of carbonyl (C=O) groups is 2. The first kappa shape index (κ1) is 12.6. The molecule has 3 aromatic rings. The van der Waals surface area contributed by atoms with Gasteiger partial charge in [-0.2, -0.15) is 5.10 Å². The molecule has 100 valence electrons. The fourth-order valence-electron chi connectivity index (χ4n) is 1.87. The minimum absolute atomic E-state index is 0.209. The molecule has 3 rings (SSSR count). The number of aryl methyl sites for hydroxylation is 1. The molecule has 6 nitrogen and oxygen atoms in total. The topological polar surface area (TPSA) is 77.2 Å². The average Bonchev–Trinajstić information content (AvgIpc) is 3.04. The van der Waals surface area contributed by atoms with Crippen LogP contribution in [0.15, 0.2) is 30.2 Å². The molecule has 0 N–H and O–H groups in total. The predicted octanol–water partition coefficient (Wildman–Crippen LogP) is 1.95.